The highest BCUT2D eigenvalue weighted by molar-refractivity contribution is 5.97. The molecule has 2 rings (SSSR count). The van der Waals surface area contributed by atoms with Gasteiger partial charge < -0.3 is 20.8 Å². The summed E-state index contributed by atoms with van der Waals surface area (Å²) < 4.78 is 18.5. The highest BCUT2D eigenvalue weighted by atomic mass is 19.1. The van der Waals surface area contributed by atoms with Gasteiger partial charge in [0.25, 0.3) is 0 Å². The molecule has 0 aliphatic rings. The maximum absolute atomic E-state index is 13.4. The number of hydrogen-bond donors (Lipinski definition) is 3. The zero-order chi connectivity index (χ0) is 14.5. The Hall–Kier alpha value is -2.41. The van der Waals surface area contributed by atoms with Gasteiger partial charge in [0.2, 0.25) is 0 Å². The van der Waals surface area contributed by atoms with E-state index >= 15 is 0 Å². The number of aryl methyl sites for hydroxylation is 1. The quantitative estimate of drug-likeness (QED) is 0.333. The van der Waals surface area contributed by atoms with Crippen molar-refractivity contribution >= 4 is 5.84 Å². The molecule has 4 N–H and O–H groups in total. The van der Waals surface area contributed by atoms with Crippen molar-refractivity contribution in [3.63, 3.8) is 0 Å². The molecule has 0 saturated carbocycles. The molecule has 0 unspecified atom stereocenters. The van der Waals surface area contributed by atoms with Gasteiger partial charge in [-0.2, -0.15) is 0 Å². The standard InChI is InChI=1S/C13H15FN4O2/c1-8-2-12(20-18-8)7-16-6-9-3-10(13(15)17-19)5-11(14)4-9/h2-5,16,19H,6-7H2,1H3,(H2,15,17). The van der Waals surface area contributed by atoms with E-state index in [0.29, 0.717) is 30.0 Å². The summed E-state index contributed by atoms with van der Waals surface area (Å²) in [5, 5.41) is 18.3. The molecule has 2 aromatic rings. The van der Waals surface area contributed by atoms with E-state index in [4.69, 9.17) is 15.5 Å². The second kappa shape index (κ2) is 6.16. The number of nitrogens with one attached hydrogen (secondary N) is 1. The number of oxime groups is 1. The minimum absolute atomic E-state index is 0.128. The lowest BCUT2D eigenvalue weighted by Gasteiger charge is -2.06. The van der Waals surface area contributed by atoms with E-state index in [1.807, 2.05) is 13.0 Å². The van der Waals surface area contributed by atoms with E-state index in [9.17, 15) is 4.39 Å². The summed E-state index contributed by atoms with van der Waals surface area (Å²) in [4.78, 5) is 0. The molecule has 106 valence electrons. The highest BCUT2D eigenvalue weighted by Gasteiger charge is 2.05. The molecule has 7 heteroatoms. The molecule has 0 saturated heterocycles. The van der Waals surface area contributed by atoms with E-state index < -0.39 is 5.82 Å². The third-order valence-electron chi connectivity index (χ3n) is 2.67. The van der Waals surface area contributed by atoms with Crippen LogP contribution in [0.15, 0.2) is 33.9 Å². The number of amidine groups is 1. The molecule has 6 nitrogen and oxygen atoms in total. The van der Waals surface area contributed by atoms with Crippen LogP contribution in [0.4, 0.5) is 4.39 Å². The smallest absolute Gasteiger partial charge is 0.170 e. The monoisotopic (exact) mass is 278 g/mol. The Bertz CT molecular complexity index is 625. The number of nitrogens with two attached hydrogens (primary N) is 1. The van der Waals surface area contributed by atoms with Crippen molar-refractivity contribution < 1.29 is 14.1 Å². The predicted octanol–water partition coefficient (Wildman–Crippen LogP) is 1.51. The molecule has 1 aromatic heterocycles. The van der Waals surface area contributed by atoms with Crippen molar-refractivity contribution in [2.45, 2.75) is 20.0 Å². The van der Waals surface area contributed by atoms with Crippen molar-refractivity contribution in [3.05, 3.63) is 52.7 Å². The summed E-state index contributed by atoms with van der Waals surface area (Å²) in [6.45, 7) is 2.74. The number of aromatic nitrogens is 1. The summed E-state index contributed by atoms with van der Waals surface area (Å²) >= 11 is 0. The molecule has 0 fully saturated rings. The number of halogens is 1. The van der Waals surface area contributed by atoms with E-state index in [1.54, 1.807) is 6.07 Å². The fourth-order valence-electron chi connectivity index (χ4n) is 1.79. The van der Waals surface area contributed by atoms with Crippen molar-refractivity contribution in [3.8, 4) is 0 Å². The molecular formula is C13H15FN4O2. The Morgan fingerprint density at radius 2 is 2.20 bits per heavy atom. The van der Waals surface area contributed by atoms with Crippen LogP contribution >= 0.6 is 0 Å². The number of rotatable bonds is 5. The molecule has 1 heterocycles. The lowest BCUT2D eigenvalue weighted by Crippen LogP contribution is -2.16. The van der Waals surface area contributed by atoms with Crippen molar-refractivity contribution in [2.24, 2.45) is 10.9 Å². The zero-order valence-corrected chi connectivity index (χ0v) is 10.9. The first kappa shape index (κ1) is 14.0. The average Bonchev–Trinajstić information content (AvgIpc) is 2.83. The van der Waals surface area contributed by atoms with Crippen LogP contribution in [0, 0.1) is 12.7 Å². The molecule has 0 aliphatic heterocycles. The van der Waals surface area contributed by atoms with Crippen molar-refractivity contribution in [2.75, 3.05) is 0 Å². The first-order valence-electron chi connectivity index (χ1n) is 5.99. The molecule has 0 bridgehead atoms. The van der Waals surface area contributed by atoms with Gasteiger partial charge in [0.1, 0.15) is 5.82 Å². The van der Waals surface area contributed by atoms with Crippen LogP contribution in [0.1, 0.15) is 22.6 Å². The summed E-state index contributed by atoms with van der Waals surface area (Å²) in [5.74, 6) is 0.133. The van der Waals surface area contributed by atoms with E-state index in [1.165, 1.54) is 12.1 Å². The number of nitrogens with zero attached hydrogens (tertiary/aromatic N) is 2. The van der Waals surface area contributed by atoms with Crippen LogP contribution in [0.25, 0.3) is 0 Å². The normalized spacial score (nSPS) is 11.8. The predicted molar refractivity (Wildman–Crippen MR) is 70.7 cm³/mol. The van der Waals surface area contributed by atoms with Gasteiger partial charge in [-0.25, -0.2) is 4.39 Å². The second-order valence-corrected chi connectivity index (χ2v) is 4.37. The van der Waals surface area contributed by atoms with Gasteiger partial charge in [-0.05, 0) is 30.7 Å². The molecular weight excluding hydrogens is 263 g/mol. The Kier molecular flexibility index (Phi) is 4.31. The molecule has 0 spiro atoms. The summed E-state index contributed by atoms with van der Waals surface area (Å²) in [6, 6.07) is 6.06. The third-order valence-corrected chi connectivity index (χ3v) is 2.67. The molecule has 0 amide bonds. The Morgan fingerprint density at radius 3 is 2.85 bits per heavy atom. The summed E-state index contributed by atoms with van der Waals surface area (Å²) in [6.07, 6.45) is 0. The van der Waals surface area contributed by atoms with Gasteiger partial charge in [-0.15, -0.1) is 0 Å². The van der Waals surface area contributed by atoms with Crippen LogP contribution in [0.2, 0.25) is 0 Å². The lowest BCUT2D eigenvalue weighted by molar-refractivity contribution is 0.318. The van der Waals surface area contributed by atoms with Crippen LogP contribution in [0.5, 0.6) is 0 Å². The SMILES string of the molecule is Cc1cc(CNCc2cc(F)cc(/C(N)=N/O)c2)on1. The first-order chi connectivity index (χ1) is 9.58. The fourth-order valence-corrected chi connectivity index (χ4v) is 1.79. The van der Waals surface area contributed by atoms with Crippen molar-refractivity contribution in [1.82, 2.24) is 10.5 Å². The van der Waals surface area contributed by atoms with Crippen LogP contribution < -0.4 is 11.1 Å². The van der Waals surface area contributed by atoms with E-state index in [2.05, 4.69) is 15.6 Å². The number of hydrogen-bond acceptors (Lipinski definition) is 5. The van der Waals surface area contributed by atoms with Gasteiger partial charge >= 0.3 is 0 Å². The van der Waals surface area contributed by atoms with Crippen molar-refractivity contribution in [1.29, 1.82) is 0 Å². The van der Waals surface area contributed by atoms with Crippen LogP contribution in [-0.2, 0) is 13.1 Å². The lowest BCUT2D eigenvalue weighted by atomic mass is 10.1. The zero-order valence-electron chi connectivity index (χ0n) is 10.9. The molecule has 0 aliphatic carbocycles. The van der Waals surface area contributed by atoms with Gasteiger partial charge in [-0.1, -0.05) is 10.3 Å². The van der Waals surface area contributed by atoms with Crippen LogP contribution in [0.3, 0.4) is 0 Å². The average molecular weight is 278 g/mol. The molecule has 0 radical (unpaired) electrons. The number of benzene rings is 1. The van der Waals surface area contributed by atoms with Gasteiger partial charge in [0.15, 0.2) is 11.6 Å². The van der Waals surface area contributed by atoms with E-state index in [0.717, 1.165) is 5.69 Å². The third kappa shape index (κ3) is 3.55. The first-order valence-corrected chi connectivity index (χ1v) is 5.99. The summed E-state index contributed by atoms with van der Waals surface area (Å²) in [5.41, 5.74) is 7.27. The van der Waals surface area contributed by atoms with Crippen LogP contribution in [-0.4, -0.2) is 16.2 Å². The Morgan fingerprint density at radius 1 is 1.40 bits per heavy atom. The molecule has 1 aromatic carbocycles. The van der Waals surface area contributed by atoms with E-state index in [-0.39, 0.29) is 5.84 Å². The largest absolute Gasteiger partial charge is 0.409 e. The topological polar surface area (TPSA) is 96.7 Å². The molecule has 20 heavy (non-hydrogen) atoms. The highest BCUT2D eigenvalue weighted by Crippen LogP contribution is 2.10. The summed E-state index contributed by atoms with van der Waals surface area (Å²) in [7, 11) is 0. The maximum atomic E-state index is 13.4. The van der Waals surface area contributed by atoms with Gasteiger partial charge in [-0.3, -0.25) is 0 Å². The Balaban J connectivity index is 2.00. The van der Waals surface area contributed by atoms with Gasteiger partial charge in [0, 0.05) is 18.2 Å². The minimum Gasteiger partial charge on any atom is -0.409 e. The maximum Gasteiger partial charge on any atom is 0.170 e. The molecule has 0 atom stereocenters. The second-order valence-electron chi connectivity index (χ2n) is 4.37. The fraction of sp³-hybridized carbons (Fsp3) is 0.231. The minimum atomic E-state index is -0.443. The van der Waals surface area contributed by atoms with Gasteiger partial charge in [0.05, 0.1) is 12.2 Å². The Labute approximate surface area is 115 Å².